The molecule has 0 aliphatic carbocycles. The van der Waals surface area contributed by atoms with Gasteiger partial charge in [0.1, 0.15) is 24.6 Å². The van der Waals surface area contributed by atoms with Gasteiger partial charge in [0.05, 0.1) is 12.8 Å². The molecular weight excluding hydrogens is 415 g/mol. The van der Waals surface area contributed by atoms with Crippen LogP contribution in [0.1, 0.15) is 29.8 Å². The Morgan fingerprint density at radius 1 is 1.12 bits per heavy atom. The second-order valence-electron chi connectivity index (χ2n) is 7.12. The van der Waals surface area contributed by atoms with Crippen LogP contribution in [0.15, 0.2) is 42.5 Å². The van der Waals surface area contributed by atoms with Crippen LogP contribution in [-0.2, 0) is 16.1 Å². The van der Waals surface area contributed by atoms with Crippen molar-refractivity contribution in [1.82, 2.24) is 4.90 Å². The van der Waals surface area contributed by atoms with E-state index in [1.807, 2.05) is 4.90 Å². The normalized spacial score (nSPS) is 13.2. The summed E-state index contributed by atoms with van der Waals surface area (Å²) < 4.78 is 25.2. The van der Waals surface area contributed by atoms with E-state index in [9.17, 15) is 14.0 Å². The van der Waals surface area contributed by atoms with E-state index in [1.54, 1.807) is 54.5 Å². The van der Waals surface area contributed by atoms with Gasteiger partial charge in [0, 0.05) is 37.3 Å². The molecule has 1 fully saturated rings. The third-order valence-corrected chi connectivity index (χ3v) is 5.01. The lowest BCUT2D eigenvalue weighted by Gasteiger charge is -2.36. The first-order valence-corrected chi connectivity index (χ1v) is 9.83. The largest absolute Gasteiger partial charge is 0.497 e. The highest BCUT2D eigenvalue weighted by Gasteiger charge is 2.24. The van der Waals surface area contributed by atoms with Crippen molar-refractivity contribution in [3.05, 3.63) is 59.4 Å². The molecular formula is C23H29FN4O4. The molecule has 0 radical (unpaired) electrons. The number of hydrogen-bond acceptors (Lipinski definition) is 6. The average molecular weight is 445 g/mol. The molecule has 0 saturated carbocycles. The van der Waals surface area contributed by atoms with E-state index in [-0.39, 0.29) is 37.8 Å². The zero-order chi connectivity index (χ0) is 22.4. The topological polar surface area (TPSA) is 109 Å². The third-order valence-electron chi connectivity index (χ3n) is 5.01. The van der Waals surface area contributed by atoms with Gasteiger partial charge in [0.2, 0.25) is 0 Å². The number of benzene rings is 2. The molecule has 0 spiro atoms. The molecule has 3 N–H and O–H groups in total. The molecule has 32 heavy (non-hydrogen) atoms. The maximum atomic E-state index is 15.0. The quantitative estimate of drug-likeness (QED) is 0.386. The van der Waals surface area contributed by atoms with Crippen LogP contribution in [0.25, 0.3) is 0 Å². The van der Waals surface area contributed by atoms with Crippen LogP contribution in [0.2, 0.25) is 0 Å². The van der Waals surface area contributed by atoms with Gasteiger partial charge < -0.3 is 25.0 Å². The molecule has 1 aliphatic heterocycles. The van der Waals surface area contributed by atoms with E-state index in [0.29, 0.717) is 43.2 Å². The van der Waals surface area contributed by atoms with Crippen LogP contribution in [-0.4, -0.2) is 55.9 Å². The lowest BCUT2D eigenvalue weighted by atomic mass is 10.1. The predicted molar refractivity (Wildman–Crippen MR) is 121 cm³/mol. The number of ether oxygens (including phenoxy) is 2. The molecule has 1 amide bonds. The van der Waals surface area contributed by atoms with Crippen molar-refractivity contribution in [2.45, 2.75) is 20.5 Å². The van der Waals surface area contributed by atoms with E-state index in [2.05, 4.69) is 0 Å². The summed E-state index contributed by atoms with van der Waals surface area (Å²) in [5, 5.41) is 7.10. The molecule has 0 bridgehead atoms. The maximum absolute atomic E-state index is 15.0. The Balaban J connectivity index is 0.00000363. The molecule has 172 valence electrons. The monoisotopic (exact) mass is 444 g/mol. The van der Waals surface area contributed by atoms with Crippen LogP contribution in [0.4, 0.5) is 10.1 Å². The van der Waals surface area contributed by atoms with Gasteiger partial charge in [-0.1, -0.05) is 25.6 Å². The molecule has 8 nitrogen and oxygen atoms in total. The highest BCUT2D eigenvalue weighted by atomic mass is 19.1. The number of amides is 1. The van der Waals surface area contributed by atoms with Crippen LogP contribution in [0.3, 0.4) is 0 Å². The zero-order valence-corrected chi connectivity index (χ0v) is 17.3. The first-order chi connectivity index (χ1) is 14.9. The number of methoxy groups -OCH3 is 1. The van der Waals surface area contributed by atoms with Gasteiger partial charge in [0.15, 0.2) is 5.82 Å². The Hall–Kier alpha value is -3.62. The van der Waals surface area contributed by atoms with Gasteiger partial charge in [-0.25, -0.2) is 4.39 Å². The summed E-state index contributed by atoms with van der Waals surface area (Å²) >= 11 is 0. The summed E-state index contributed by atoms with van der Waals surface area (Å²) in [7, 11) is 1.55. The number of nitrogens with one attached hydrogen (secondary N) is 1. The van der Waals surface area contributed by atoms with Crippen molar-refractivity contribution in [3.63, 3.8) is 0 Å². The van der Waals surface area contributed by atoms with Gasteiger partial charge in [-0.2, -0.15) is 0 Å². The summed E-state index contributed by atoms with van der Waals surface area (Å²) in [6, 6.07) is 11.9. The van der Waals surface area contributed by atoms with Crippen molar-refractivity contribution in [1.29, 1.82) is 5.41 Å². The number of halogens is 1. The van der Waals surface area contributed by atoms with E-state index in [4.69, 9.17) is 20.6 Å². The number of esters is 1. The lowest BCUT2D eigenvalue weighted by Crippen LogP contribution is -2.49. The molecule has 0 aromatic heterocycles. The third kappa shape index (κ3) is 5.96. The van der Waals surface area contributed by atoms with Gasteiger partial charge in [-0.05, 0) is 24.3 Å². The Labute approximate surface area is 187 Å². The first-order valence-electron chi connectivity index (χ1n) is 9.83. The first kappa shape index (κ1) is 24.6. The second-order valence-corrected chi connectivity index (χ2v) is 7.12. The summed E-state index contributed by atoms with van der Waals surface area (Å²) in [5.74, 6) is -0.925. The van der Waals surface area contributed by atoms with Crippen molar-refractivity contribution >= 4 is 23.4 Å². The van der Waals surface area contributed by atoms with Crippen LogP contribution in [0.5, 0.6) is 5.75 Å². The zero-order valence-electron chi connectivity index (χ0n) is 17.3. The highest BCUT2D eigenvalue weighted by molar-refractivity contribution is 5.95. The fraction of sp³-hybridized carbons (Fsp3) is 0.348. The molecule has 0 unspecified atom stereocenters. The van der Waals surface area contributed by atoms with Crippen molar-refractivity contribution < 1.29 is 23.5 Å². The SMILES string of the molecule is C.COc1cccc(C(=O)N2CCN(c3cccc(COC(=O)CC(=N)N)c3F)CC2)c1. The summed E-state index contributed by atoms with van der Waals surface area (Å²) in [6.45, 7) is 1.61. The number of carbonyl (C=O) groups excluding carboxylic acids is 2. The van der Waals surface area contributed by atoms with E-state index in [1.165, 1.54) is 0 Å². The molecule has 0 atom stereocenters. The predicted octanol–water partition coefficient (Wildman–Crippen LogP) is 2.80. The minimum absolute atomic E-state index is 0. The van der Waals surface area contributed by atoms with Crippen LogP contribution < -0.4 is 15.4 Å². The number of hydrogen-bond donors (Lipinski definition) is 2. The van der Waals surface area contributed by atoms with E-state index >= 15 is 0 Å². The average Bonchev–Trinajstić information content (AvgIpc) is 2.77. The van der Waals surface area contributed by atoms with Gasteiger partial charge in [-0.3, -0.25) is 15.0 Å². The minimum Gasteiger partial charge on any atom is -0.497 e. The van der Waals surface area contributed by atoms with E-state index in [0.717, 1.165) is 0 Å². The van der Waals surface area contributed by atoms with Gasteiger partial charge in [0.25, 0.3) is 5.91 Å². The Morgan fingerprint density at radius 3 is 2.47 bits per heavy atom. The minimum atomic E-state index is -0.679. The van der Waals surface area contributed by atoms with Gasteiger partial charge in [-0.15, -0.1) is 0 Å². The van der Waals surface area contributed by atoms with Gasteiger partial charge >= 0.3 is 5.97 Å². The second kappa shape index (κ2) is 11.1. The standard InChI is InChI=1S/C22H25FN4O4.CH4/c1-30-17-6-2-4-15(12-17)22(29)27-10-8-26(9-11-27)18-7-3-5-16(21(18)23)14-31-20(28)13-19(24)25;/h2-7,12H,8-11,13-14H2,1H3,(H3,24,25);1H4. The van der Waals surface area contributed by atoms with Crippen molar-refractivity contribution in [2.24, 2.45) is 5.73 Å². The molecule has 1 saturated heterocycles. The summed E-state index contributed by atoms with van der Waals surface area (Å²) in [4.78, 5) is 27.9. The molecule has 2 aromatic rings. The number of carbonyl (C=O) groups is 2. The number of nitrogens with zero attached hydrogens (tertiary/aromatic N) is 2. The number of anilines is 1. The molecule has 1 heterocycles. The molecule has 9 heteroatoms. The summed E-state index contributed by atoms with van der Waals surface area (Å²) in [5.41, 5.74) is 6.35. The lowest BCUT2D eigenvalue weighted by molar-refractivity contribution is -0.143. The van der Waals surface area contributed by atoms with Crippen LogP contribution >= 0.6 is 0 Å². The fourth-order valence-corrected chi connectivity index (χ4v) is 3.38. The Morgan fingerprint density at radius 2 is 1.81 bits per heavy atom. The highest BCUT2D eigenvalue weighted by Crippen LogP contribution is 2.25. The Kier molecular flexibility index (Phi) is 8.57. The van der Waals surface area contributed by atoms with Crippen molar-refractivity contribution in [2.75, 3.05) is 38.2 Å². The number of amidine groups is 1. The van der Waals surface area contributed by atoms with E-state index < -0.39 is 11.8 Å². The maximum Gasteiger partial charge on any atom is 0.313 e. The smallest absolute Gasteiger partial charge is 0.313 e. The van der Waals surface area contributed by atoms with Crippen molar-refractivity contribution in [3.8, 4) is 5.75 Å². The Bertz CT molecular complexity index is 974. The van der Waals surface area contributed by atoms with Crippen LogP contribution in [0, 0.1) is 11.2 Å². The molecule has 1 aliphatic rings. The fourth-order valence-electron chi connectivity index (χ4n) is 3.38. The number of piperazine rings is 1. The number of nitrogens with two attached hydrogens (primary N) is 1. The summed E-state index contributed by atoms with van der Waals surface area (Å²) in [6.07, 6.45) is -0.329. The molecule has 3 rings (SSSR count). The number of rotatable bonds is 7. The molecule has 2 aromatic carbocycles.